The fourth-order valence-electron chi connectivity index (χ4n) is 1.59. The monoisotopic (exact) mass is 216 g/mol. The van der Waals surface area contributed by atoms with E-state index in [1.54, 1.807) is 7.11 Å². The number of hydrogen-bond acceptors (Lipinski definition) is 2. The van der Waals surface area contributed by atoms with Crippen LogP contribution in [-0.4, -0.2) is 12.9 Å². The van der Waals surface area contributed by atoms with Crippen LogP contribution in [0.5, 0.6) is 5.75 Å². The third kappa shape index (κ3) is 2.17. The highest BCUT2D eigenvalue weighted by Crippen LogP contribution is 2.28. The summed E-state index contributed by atoms with van der Waals surface area (Å²) >= 11 is 0. The Morgan fingerprint density at radius 2 is 1.62 bits per heavy atom. The van der Waals surface area contributed by atoms with E-state index in [-0.39, 0.29) is 0 Å². The molecule has 84 valence electrons. The molecular formula is C14H16O2. The van der Waals surface area contributed by atoms with Gasteiger partial charge in [0.1, 0.15) is 5.75 Å². The van der Waals surface area contributed by atoms with Gasteiger partial charge in [-0.15, -0.1) is 0 Å². The van der Waals surface area contributed by atoms with Gasteiger partial charge in [-0.2, -0.15) is 0 Å². The van der Waals surface area contributed by atoms with Crippen molar-refractivity contribution in [1.29, 1.82) is 0 Å². The minimum atomic E-state index is -0.607. The summed E-state index contributed by atoms with van der Waals surface area (Å²) in [6, 6.07) is 14.2. The molecule has 0 radical (unpaired) electrons. The first-order chi connectivity index (χ1) is 7.62. The summed E-state index contributed by atoms with van der Waals surface area (Å²) in [5.74, 6) is 0.245. The van der Waals surface area contributed by atoms with Gasteiger partial charge in [-0.1, -0.05) is 36.4 Å². The predicted octanol–water partition coefficient (Wildman–Crippen LogP) is 3.60. The van der Waals surface area contributed by atoms with E-state index >= 15 is 0 Å². The van der Waals surface area contributed by atoms with E-state index in [0.717, 1.165) is 11.1 Å². The minimum Gasteiger partial charge on any atom is -0.462 e. The van der Waals surface area contributed by atoms with Gasteiger partial charge in [0.2, 0.25) is 5.79 Å². The average Bonchev–Trinajstić information content (AvgIpc) is 2.29. The minimum absolute atomic E-state index is 0.607. The molecule has 0 saturated heterocycles. The molecule has 0 spiro atoms. The lowest BCUT2D eigenvalue weighted by molar-refractivity contribution is -0.133. The summed E-state index contributed by atoms with van der Waals surface area (Å²) in [4.78, 5) is 0. The standard InChI is InChI=1S/C14H16O2/c1-14(2,15-3)16-13-10-6-8-11-7-4-5-9-12(11)13/h4-10H,1-3H3. The van der Waals surface area contributed by atoms with Gasteiger partial charge in [0.15, 0.2) is 0 Å². The maximum atomic E-state index is 5.84. The van der Waals surface area contributed by atoms with Gasteiger partial charge in [0, 0.05) is 26.3 Å². The zero-order chi connectivity index (χ0) is 11.6. The molecule has 16 heavy (non-hydrogen) atoms. The smallest absolute Gasteiger partial charge is 0.204 e. The Kier molecular flexibility index (Phi) is 2.84. The number of hydrogen-bond donors (Lipinski definition) is 0. The van der Waals surface area contributed by atoms with E-state index in [2.05, 4.69) is 18.2 Å². The first-order valence-electron chi connectivity index (χ1n) is 5.34. The van der Waals surface area contributed by atoms with Crippen molar-refractivity contribution in [2.75, 3.05) is 7.11 Å². The SMILES string of the molecule is COC(C)(C)Oc1cccc2ccccc12. The lowest BCUT2D eigenvalue weighted by atomic mass is 10.1. The number of methoxy groups -OCH3 is 1. The lowest BCUT2D eigenvalue weighted by Gasteiger charge is -2.25. The molecule has 0 unspecified atom stereocenters. The van der Waals surface area contributed by atoms with Crippen LogP contribution in [0.4, 0.5) is 0 Å². The molecule has 0 bridgehead atoms. The molecule has 2 aromatic rings. The third-order valence-electron chi connectivity index (χ3n) is 2.60. The summed E-state index contributed by atoms with van der Waals surface area (Å²) in [6.07, 6.45) is 0. The van der Waals surface area contributed by atoms with Crippen LogP contribution in [-0.2, 0) is 4.74 Å². The highest BCUT2D eigenvalue weighted by Gasteiger charge is 2.18. The zero-order valence-corrected chi connectivity index (χ0v) is 9.86. The summed E-state index contributed by atoms with van der Waals surface area (Å²) < 4.78 is 11.1. The first-order valence-corrected chi connectivity index (χ1v) is 5.34. The van der Waals surface area contributed by atoms with E-state index in [4.69, 9.17) is 9.47 Å². The Hall–Kier alpha value is -1.54. The maximum Gasteiger partial charge on any atom is 0.204 e. The normalized spacial score (nSPS) is 11.7. The van der Waals surface area contributed by atoms with Crippen molar-refractivity contribution in [2.45, 2.75) is 19.6 Å². The van der Waals surface area contributed by atoms with Gasteiger partial charge in [0.05, 0.1) is 0 Å². The van der Waals surface area contributed by atoms with E-state index in [0.29, 0.717) is 0 Å². The fourth-order valence-corrected chi connectivity index (χ4v) is 1.59. The third-order valence-corrected chi connectivity index (χ3v) is 2.60. The molecule has 0 amide bonds. The van der Waals surface area contributed by atoms with E-state index in [9.17, 15) is 0 Å². The number of ether oxygens (including phenoxy) is 2. The molecule has 0 aliphatic rings. The average molecular weight is 216 g/mol. The second-order valence-corrected chi connectivity index (χ2v) is 4.18. The van der Waals surface area contributed by atoms with Crippen LogP contribution in [0.1, 0.15) is 13.8 Å². The molecule has 2 heteroatoms. The highest BCUT2D eigenvalue weighted by atomic mass is 16.7. The number of benzene rings is 2. The molecule has 0 aliphatic carbocycles. The Morgan fingerprint density at radius 3 is 2.38 bits per heavy atom. The van der Waals surface area contributed by atoms with Crippen LogP contribution in [0.15, 0.2) is 42.5 Å². The van der Waals surface area contributed by atoms with Crippen LogP contribution >= 0.6 is 0 Å². The molecule has 0 aromatic heterocycles. The lowest BCUT2D eigenvalue weighted by Crippen LogP contribution is -2.30. The highest BCUT2D eigenvalue weighted by molar-refractivity contribution is 5.88. The summed E-state index contributed by atoms with van der Waals surface area (Å²) in [6.45, 7) is 3.80. The molecule has 2 nitrogen and oxygen atoms in total. The largest absolute Gasteiger partial charge is 0.462 e. The van der Waals surface area contributed by atoms with Crippen molar-refractivity contribution in [3.63, 3.8) is 0 Å². The van der Waals surface area contributed by atoms with Crippen molar-refractivity contribution in [1.82, 2.24) is 0 Å². The van der Waals surface area contributed by atoms with Crippen LogP contribution in [0.2, 0.25) is 0 Å². The van der Waals surface area contributed by atoms with Gasteiger partial charge in [-0.05, 0) is 11.5 Å². The predicted molar refractivity (Wildman–Crippen MR) is 65.7 cm³/mol. The summed E-state index contributed by atoms with van der Waals surface area (Å²) in [5.41, 5.74) is 0. The van der Waals surface area contributed by atoms with Crippen LogP contribution < -0.4 is 4.74 Å². The molecule has 0 N–H and O–H groups in total. The molecule has 0 saturated carbocycles. The van der Waals surface area contributed by atoms with Crippen LogP contribution in [0.3, 0.4) is 0 Å². The van der Waals surface area contributed by atoms with Gasteiger partial charge in [-0.25, -0.2) is 0 Å². The summed E-state index contributed by atoms with van der Waals surface area (Å²) in [5, 5.41) is 2.28. The molecule has 0 atom stereocenters. The molecule has 2 rings (SSSR count). The van der Waals surface area contributed by atoms with Crippen molar-refractivity contribution < 1.29 is 9.47 Å². The number of rotatable bonds is 3. The van der Waals surface area contributed by atoms with Gasteiger partial charge in [0.25, 0.3) is 0 Å². The molecule has 0 heterocycles. The Balaban J connectivity index is 2.45. The number of fused-ring (bicyclic) bond motifs is 1. The van der Waals surface area contributed by atoms with Crippen LogP contribution in [0, 0.1) is 0 Å². The Bertz CT molecular complexity index is 484. The van der Waals surface area contributed by atoms with Gasteiger partial charge >= 0.3 is 0 Å². The maximum absolute atomic E-state index is 5.84. The molecule has 0 fully saturated rings. The second-order valence-electron chi connectivity index (χ2n) is 4.18. The quantitative estimate of drug-likeness (QED) is 0.730. The van der Waals surface area contributed by atoms with Gasteiger partial charge < -0.3 is 9.47 Å². The van der Waals surface area contributed by atoms with E-state index < -0.39 is 5.79 Å². The molecular weight excluding hydrogens is 200 g/mol. The van der Waals surface area contributed by atoms with Gasteiger partial charge in [-0.3, -0.25) is 0 Å². The van der Waals surface area contributed by atoms with E-state index in [1.165, 1.54) is 5.39 Å². The fraction of sp³-hybridized carbons (Fsp3) is 0.286. The van der Waals surface area contributed by atoms with Crippen molar-refractivity contribution in [2.24, 2.45) is 0 Å². The zero-order valence-electron chi connectivity index (χ0n) is 9.86. The second kappa shape index (κ2) is 4.14. The van der Waals surface area contributed by atoms with Crippen molar-refractivity contribution >= 4 is 10.8 Å². The van der Waals surface area contributed by atoms with Crippen LogP contribution in [0.25, 0.3) is 10.8 Å². The summed E-state index contributed by atoms with van der Waals surface area (Å²) in [7, 11) is 1.64. The first kappa shape index (κ1) is 11.0. The molecule has 2 aromatic carbocycles. The topological polar surface area (TPSA) is 18.5 Å². The Labute approximate surface area is 95.8 Å². The Morgan fingerprint density at radius 1 is 0.938 bits per heavy atom. The molecule has 0 aliphatic heterocycles. The van der Waals surface area contributed by atoms with Crippen molar-refractivity contribution in [3.05, 3.63) is 42.5 Å². The van der Waals surface area contributed by atoms with E-state index in [1.807, 2.05) is 38.1 Å². The van der Waals surface area contributed by atoms with Crippen molar-refractivity contribution in [3.8, 4) is 5.75 Å².